The quantitative estimate of drug-likeness (QED) is 0.229. The van der Waals surface area contributed by atoms with Crippen molar-refractivity contribution in [2.24, 2.45) is 0 Å². The zero-order chi connectivity index (χ0) is 28.1. The highest BCUT2D eigenvalue weighted by atomic mass is 14.9. The molecule has 4 heteroatoms. The van der Waals surface area contributed by atoms with Gasteiger partial charge in [-0.2, -0.15) is 0 Å². The largest absolute Gasteiger partial charge is 0.379 e. The second kappa shape index (κ2) is 11.5. The van der Waals surface area contributed by atoms with Crippen molar-refractivity contribution in [3.63, 3.8) is 0 Å². The van der Waals surface area contributed by atoms with Gasteiger partial charge in [0.15, 0.2) is 0 Å². The Morgan fingerprint density at radius 2 is 1.12 bits per heavy atom. The molecule has 0 saturated carbocycles. The Balaban J connectivity index is 1.18. The maximum atomic E-state index is 4.75. The van der Waals surface area contributed by atoms with Crippen molar-refractivity contribution >= 4 is 0 Å². The van der Waals surface area contributed by atoms with Crippen LogP contribution >= 0.6 is 0 Å². The molecule has 6 aromatic rings. The van der Waals surface area contributed by atoms with E-state index >= 15 is 0 Å². The van der Waals surface area contributed by atoms with Crippen LogP contribution < -0.4 is 5.32 Å². The van der Waals surface area contributed by atoms with Gasteiger partial charge in [-0.25, -0.2) is 0 Å². The van der Waals surface area contributed by atoms with Crippen molar-refractivity contribution in [2.45, 2.75) is 6.04 Å². The smallest absolute Gasteiger partial charge is 0.0886 e. The molecule has 0 radical (unpaired) electrons. The average Bonchev–Trinajstić information content (AvgIpc) is 3.09. The Morgan fingerprint density at radius 3 is 1.69 bits per heavy atom. The summed E-state index contributed by atoms with van der Waals surface area (Å²) in [6.45, 7) is 0. The zero-order valence-electron chi connectivity index (χ0n) is 22.9. The van der Waals surface area contributed by atoms with E-state index in [1.807, 2.05) is 55.0 Å². The second-order valence-corrected chi connectivity index (χ2v) is 10.2. The Bertz CT molecular complexity index is 1890. The minimum Gasteiger partial charge on any atom is -0.379 e. The highest BCUT2D eigenvalue weighted by Gasteiger charge is 2.12. The maximum absolute atomic E-state index is 4.75. The van der Waals surface area contributed by atoms with Gasteiger partial charge in [0.25, 0.3) is 0 Å². The fraction of sp³-hybridized carbons (Fsp3) is 0.0263. The molecule has 3 aromatic heterocycles. The van der Waals surface area contributed by atoms with E-state index in [1.165, 1.54) is 16.7 Å². The van der Waals surface area contributed by atoms with Gasteiger partial charge >= 0.3 is 0 Å². The summed E-state index contributed by atoms with van der Waals surface area (Å²) in [6.07, 6.45) is 13.8. The fourth-order valence-electron chi connectivity index (χ4n) is 5.34. The number of hydrogen-bond acceptors (Lipinski definition) is 4. The molecule has 0 bridgehead atoms. The van der Waals surface area contributed by atoms with Crippen LogP contribution in [0.25, 0.3) is 55.9 Å². The predicted octanol–water partition coefficient (Wildman–Crippen LogP) is 8.92. The number of hydrogen-bond donors (Lipinski definition) is 1. The topological polar surface area (TPSA) is 50.7 Å². The van der Waals surface area contributed by atoms with Gasteiger partial charge in [-0.15, -0.1) is 0 Å². The van der Waals surface area contributed by atoms with Crippen molar-refractivity contribution in [1.82, 2.24) is 20.3 Å². The molecular formula is C38H28N4. The maximum Gasteiger partial charge on any atom is 0.0886 e. The van der Waals surface area contributed by atoms with E-state index in [1.54, 1.807) is 6.20 Å². The first-order chi connectivity index (χ1) is 20.8. The lowest BCUT2D eigenvalue weighted by Gasteiger charge is -2.16. The second-order valence-electron chi connectivity index (χ2n) is 10.2. The van der Waals surface area contributed by atoms with Gasteiger partial charge in [-0.1, -0.05) is 91.0 Å². The van der Waals surface area contributed by atoms with Crippen LogP contribution in [-0.2, 0) is 0 Å². The number of aromatic nitrogens is 3. The standard InChI is InChI=1S/C38H28N4/c1-2-14-34(30-12-8-10-28(24-30)32-18-20-38(42-26-32)36-16-4-6-22-40-36)33(13-1)29-11-7-9-27(23-29)31-17-19-37(41-25-31)35-15-3-5-21-39-35/h1-26,35,39H. The minimum atomic E-state index is 0.104. The Kier molecular flexibility index (Phi) is 6.93. The van der Waals surface area contributed by atoms with Crippen LogP contribution in [0.15, 0.2) is 158 Å². The number of allylic oxidation sites excluding steroid dienone is 2. The third-order valence-electron chi connectivity index (χ3n) is 7.52. The molecule has 1 unspecified atom stereocenters. The molecule has 3 aromatic carbocycles. The van der Waals surface area contributed by atoms with Crippen LogP contribution in [0.5, 0.6) is 0 Å². The minimum absolute atomic E-state index is 0.104. The Hall–Kier alpha value is -5.61. The summed E-state index contributed by atoms with van der Waals surface area (Å²) in [4.78, 5) is 13.9. The van der Waals surface area contributed by atoms with Crippen LogP contribution in [0, 0.1) is 0 Å². The summed E-state index contributed by atoms with van der Waals surface area (Å²) < 4.78 is 0. The molecule has 1 aliphatic rings. The average molecular weight is 541 g/mol. The van der Waals surface area contributed by atoms with E-state index in [0.717, 1.165) is 44.9 Å². The molecule has 1 N–H and O–H groups in total. The van der Waals surface area contributed by atoms with Crippen LogP contribution in [0.2, 0.25) is 0 Å². The summed E-state index contributed by atoms with van der Waals surface area (Å²) in [5, 5.41) is 3.33. The molecule has 4 nitrogen and oxygen atoms in total. The third kappa shape index (κ3) is 5.26. The van der Waals surface area contributed by atoms with Gasteiger partial charge in [0, 0.05) is 29.7 Å². The number of benzene rings is 3. The molecule has 0 saturated heterocycles. The highest BCUT2D eigenvalue weighted by Crippen LogP contribution is 2.36. The zero-order valence-corrected chi connectivity index (χ0v) is 22.9. The lowest BCUT2D eigenvalue weighted by molar-refractivity contribution is 0.721. The van der Waals surface area contributed by atoms with Crippen molar-refractivity contribution in [3.05, 3.63) is 164 Å². The number of pyridine rings is 3. The van der Waals surface area contributed by atoms with Crippen LogP contribution in [-0.4, -0.2) is 15.0 Å². The summed E-state index contributed by atoms with van der Waals surface area (Å²) >= 11 is 0. The summed E-state index contributed by atoms with van der Waals surface area (Å²) in [6, 6.07) is 40.3. The van der Waals surface area contributed by atoms with E-state index in [0.29, 0.717) is 0 Å². The summed E-state index contributed by atoms with van der Waals surface area (Å²) in [7, 11) is 0. The Labute approximate surface area is 245 Å². The number of nitrogens with one attached hydrogen (secondary N) is 1. The molecule has 0 spiro atoms. The first-order valence-corrected chi connectivity index (χ1v) is 14.1. The number of rotatable bonds is 6. The van der Waals surface area contributed by atoms with Crippen molar-refractivity contribution in [2.75, 3.05) is 0 Å². The van der Waals surface area contributed by atoms with E-state index in [-0.39, 0.29) is 6.04 Å². The first kappa shape index (κ1) is 25.4. The fourth-order valence-corrected chi connectivity index (χ4v) is 5.34. The molecule has 42 heavy (non-hydrogen) atoms. The van der Waals surface area contributed by atoms with Gasteiger partial charge in [0.05, 0.1) is 23.1 Å². The lowest BCUT2D eigenvalue weighted by Crippen LogP contribution is -2.16. The van der Waals surface area contributed by atoms with E-state index in [4.69, 9.17) is 4.98 Å². The van der Waals surface area contributed by atoms with Gasteiger partial charge in [0.1, 0.15) is 0 Å². The molecule has 0 fully saturated rings. The van der Waals surface area contributed by atoms with Crippen LogP contribution in [0.3, 0.4) is 0 Å². The van der Waals surface area contributed by atoms with Gasteiger partial charge < -0.3 is 5.32 Å². The summed E-state index contributed by atoms with van der Waals surface area (Å²) in [5.41, 5.74) is 11.9. The summed E-state index contributed by atoms with van der Waals surface area (Å²) in [5.74, 6) is 0. The van der Waals surface area contributed by atoms with E-state index in [2.05, 4.69) is 112 Å². The highest BCUT2D eigenvalue weighted by molar-refractivity contribution is 5.86. The molecule has 4 heterocycles. The predicted molar refractivity (Wildman–Crippen MR) is 171 cm³/mol. The SMILES string of the molecule is C1=CNC(c2ccc(-c3cccc(-c4ccccc4-c4cccc(-c5ccc(-c6ccccn6)nc5)c4)c3)cn2)C=C1. The molecule has 0 amide bonds. The van der Waals surface area contributed by atoms with Crippen molar-refractivity contribution < 1.29 is 0 Å². The van der Waals surface area contributed by atoms with Crippen LogP contribution in [0.1, 0.15) is 11.7 Å². The van der Waals surface area contributed by atoms with Crippen LogP contribution in [0.4, 0.5) is 0 Å². The molecule has 0 aliphatic carbocycles. The monoisotopic (exact) mass is 540 g/mol. The normalized spacial score (nSPS) is 14.0. The molecule has 1 atom stereocenters. The lowest BCUT2D eigenvalue weighted by atomic mass is 9.91. The van der Waals surface area contributed by atoms with Gasteiger partial charge in [-0.3, -0.25) is 15.0 Å². The molecular weight excluding hydrogens is 512 g/mol. The van der Waals surface area contributed by atoms with E-state index in [9.17, 15) is 0 Å². The van der Waals surface area contributed by atoms with Gasteiger partial charge in [-0.05, 0) is 82.1 Å². The van der Waals surface area contributed by atoms with Crippen molar-refractivity contribution in [3.8, 4) is 55.9 Å². The molecule has 1 aliphatic heterocycles. The molecule has 200 valence electrons. The Morgan fingerprint density at radius 1 is 0.476 bits per heavy atom. The number of dihydropyridines is 1. The first-order valence-electron chi connectivity index (χ1n) is 14.1. The number of nitrogens with zero attached hydrogens (tertiary/aromatic N) is 3. The third-order valence-corrected chi connectivity index (χ3v) is 7.52. The van der Waals surface area contributed by atoms with Gasteiger partial charge in [0.2, 0.25) is 0 Å². The van der Waals surface area contributed by atoms with E-state index < -0.39 is 0 Å². The van der Waals surface area contributed by atoms with Crippen molar-refractivity contribution in [1.29, 1.82) is 0 Å². The molecule has 7 rings (SSSR count).